The molecule has 1 aliphatic heterocycles. The Morgan fingerprint density at radius 3 is 2.77 bits per heavy atom. The highest BCUT2D eigenvalue weighted by Crippen LogP contribution is 2.22. The van der Waals surface area contributed by atoms with E-state index in [1.165, 1.54) is 0 Å². The van der Waals surface area contributed by atoms with Crippen molar-refractivity contribution in [1.29, 1.82) is 0 Å². The molecule has 2 unspecified atom stereocenters. The van der Waals surface area contributed by atoms with Gasteiger partial charge in [-0.2, -0.15) is 4.98 Å². The Balaban J connectivity index is 1.93. The number of likely N-dealkylation sites (tertiary alicyclic amines) is 1. The molecule has 1 fully saturated rings. The van der Waals surface area contributed by atoms with Crippen LogP contribution in [0, 0.1) is 0 Å². The predicted molar refractivity (Wildman–Crippen MR) is 82.4 cm³/mol. The molecule has 2 atom stereocenters. The highest BCUT2D eigenvalue weighted by molar-refractivity contribution is 5.76. The van der Waals surface area contributed by atoms with Crippen LogP contribution in [0.1, 0.15) is 65.1 Å². The van der Waals surface area contributed by atoms with Crippen LogP contribution in [0.4, 0.5) is 0 Å². The number of rotatable bonds is 4. The van der Waals surface area contributed by atoms with Gasteiger partial charge < -0.3 is 14.5 Å². The number of carbonyl (C=O) groups excluding carboxylic acids is 1. The van der Waals surface area contributed by atoms with E-state index in [1.54, 1.807) is 6.92 Å². The number of aromatic nitrogens is 2. The van der Waals surface area contributed by atoms with Gasteiger partial charge in [0, 0.05) is 24.8 Å². The standard InChI is InChI=1S/C16H27N3O3/c1-11(20)12-7-5-6-10-19(12)14(21)9-8-13-17-15(18-22-13)16(2,3)4/h11-12,20H,5-10H2,1-4H3. The number of nitrogens with zero attached hydrogens (tertiary/aromatic N) is 3. The van der Waals surface area contributed by atoms with Gasteiger partial charge in [-0.3, -0.25) is 4.79 Å². The molecule has 0 aromatic carbocycles. The predicted octanol–water partition coefficient (Wildman–Crippen LogP) is 2.06. The fourth-order valence-corrected chi connectivity index (χ4v) is 2.79. The van der Waals surface area contributed by atoms with E-state index in [2.05, 4.69) is 10.1 Å². The molecule has 1 saturated heterocycles. The molecule has 124 valence electrons. The smallest absolute Gasteiger partial charge is 0.227 e. The summed E-state index contributed by atoms with van der Waals surface area (Å²) in [7, 11) is 0. The maximum atomic E-state index is 12.4. The van der Waals surface area contributed by atoms with Crippen molar-refractivity contribution in [3.63, 3.8) is 0 Å². The normalized spacial score (nSPS) is 21.0. The topological polar surface area (TPSA) is 79.5 Å². The van der Waals surface area contributed by atoms with Crippen molar-refractivity contribution in [1.82, 2.24) is 15.0 Å². The maximum absolute atomic E-state index is 12.4. The number of hydrogen-bond donors (Lipinski definition) is 1. The molecule has 0 radical (unpaired) electrons. The molecule has 1 aliphatic rings. The first-order valence-corrected chi connectivity index (χ1v) is 8.09. The van der Waals surface area contributed by atoms with Gasteiger partial charge in [0.25, 0.3) is 0 Å². The molecule has 22 heavy (non-hydrogen) atoms. The highest BCUT2D eigenvalue weighted by Gasteiger charge is 2.30. The third-order valence-corrected chi connectivity index (χ3v) is 4.12. The number of carbonyl (C=O) groups is 1. The molecule has 1 aromatic heterocycles. The summed E-state index contributed by atoms with van der Waals surface area (Å²) in [6, 6.07) is -0.0610. The number of aryl methyl sites for hydroxylation is 1. The fraction of sp³-hybridized carbons (Fsp3) is 0.812. The van der Waals surface area contributed by atoms with Crippen LogP contribution in [0.25, 0.3) is 0 Å². The van der Waals surface area contributed by atoms with Crippen molar-refractivity contribution in [2.75, 3.05) is 6.54 Å². The Kier molecular flexibility index (Phi) is 5.21. The summed E-state index contributed by atoms with van der Waals surface area (Å²) in [5, 5.41) is 13.8. The number of hydrogen-bond acceptors (Lipinski definition) is 5. The second-order valence-electron chi connectivity index (χ2n) is 7.15. The van der Waals surface area contributed by atoms with Gasteiger partial charge in [0.15, 0.2) is 5.82 Å². The van der Waals surface area contributed by atoms with E-state index >= 15 is 0 Å². The van der Waals surface area contributed by atoms with E-state index in [9.17, 15) is 9.90 Å². The summed E-state index contributed by atoms with van der Waals surface area (Å²) in [6.07, 6.45) is 3.25. The van der Waals surface area contributed by atoms with E-state index in [1.807, 2.05) is 25.7 Å². The summed E-state index contributed by atoms with van der Waals surface area (Å²) < 4.78 is 5.22. The molecule has 1 amide bonds. The van der Waals surface area contributed by atoms with Crippen molar-refractivity contribution in [2.45, 2.75) is 77.4 Å². The van der Waals surface area contributed by atoms with Crippen LogP contribution in [0.5, 0.6) is 0 Å². The monoisotopic (exact) mass is 309 g/mol. The lowest BCUT2D eigenvalue weighted by atomic mass is 9.96. The van der Waals surface area contributed by atoms with E-state index in [-0.39, 0.29) is 17.4 Å². The lowest BCUT2D eigenvalue weighted by Crippen LogP contribution is -2.49. The molecular weight excluding hydrogens is 282 g/mol. The van der Waals surface area contributed by atoms with Crippen molar-refractivity contribution in [2.24, 2.45) is 0 Å². The molecule has 2 rings (SSSR count). The van der Waals surface area contributed by atoms with Gasteiger partial charge in [-0.1, -0.05) is 25.9 Å². The molecule has 6 heteroatoms. The molecule has 0 aliphatic carbocycles. The minimum absolute atomic E-state index is 0.0566. The first-order chi connectivity index (χ1) is 10.3. The fourth-order valence-electron chi connectivity index (χ4n) is 2.79. The Morgan fingerprint density at radius 1 is 1.45 bits per heavy atom. The Hall–Kier alpha value is -1.43. The average Bonchev–Trinajstić information content (AvgIpc) is 2.93. The Morgan fingerprint density at radius 2 is 2.18 bits per heavy atom. The average molecular weight is 309 g/mol. The SMILES string of the molecule is CC(O)C1CCCCN1C(=O)CCc1nc(C(C)(C)C)no1. The van der Waals surface area contributed by atoms with Crippen molar-refractivity contribution in [3.8, 4) is 0 Å². The Labute approximate surface area is 131 Å². The lowest BCUT2D eigenvalue weighted by molar-refractivity contribution is -0.137. The Bertz CT molecular complexity index is 505. The summed E-state index contributed by atoms with van der Waals surface area (Å²) in [6.45, 7) is 8.55. The van der Waals surface area contributed by atoms with Crippen LogP contribution in [0.2, 0.25) is 0 Å². The van der Waals surface area contributed by atoms with Gasteiger partial charge >= 0.3 is 0 Å². The number of piperidine rings is 1. The minimum atomic E-state index is -0.486. The van der Waals surface area contributed by atoms with E-state index < -0.39 is 6.10 Å². The number of aliphatic hydroxyl groups excluding tert-OH is 1. The quantitative estimate of drug-likeness (QED) is 0.921. The first-order valence-electron chi connectivity index (χ1n) is 8.09. The van der Waals surface area contributed by atoms with Gasteiger partial charge in [-0.15, -0.1) is 0 Å². The lowest BCUT2D eigenvalue weighted by Gasteiger charge is -2.37. The third-order valence-electron chi connectivity index (χ3n) is 4.12. The number of amides is 1. The first kappa shape index (κ1) is 16.9. The second-order valence-corrected chi connectivity index (χ2v) is 7.15. The summed E-state index contributed by atoms with van der Waals surface area (Å²) >= 11 is 0. The van der Waals surface area contributed by atoms with Gasteiger partial charge in [0.1, 0.15) is 0 Å². The minimum Gasteiger partial charge on any atom is -0.391 e. The molecule has 0 spiro atoms. The van der Waals surface area contributed by atoms with Crippen molar-refractivity contribution < 1.29 is 14.4 Å². The summed E-state index contributed by atoms with van der Waals surface area (Å²) in [4.78, 5) is 18.6. The van der Waals surface area contributed by atoms with Crippen LogP contribution in [0.3, 0.4) is 0 Å². The molecular formula is C16H27N3O3. The van der Waals surface area contributed by atoms with Crippen LogP contribution < -0.4 is 0 Å². The number of aliphatic hydroxyl groups is 1. The molecule has 2 heterocycles. The van der Waals surface area contributed by atoms with Gasteiger partial charge in [0.2, 0.25) is 11.8 Å². The third kappa shape index (κ3) is 4.06. The van der Waals surface area contributed by atoms with Crippen LogP contribution in [-0.4, -0.2) is 44.7 Å². The van der Waals surface area contributed by atoms with Crippen LogP contribution in [0.15, 0.2) is 4.52 Å². The van der Waals surface area contributed by atoms with Crippen molar-refractivity contribution in [3.05, 3.63) is 11.7 Å². The van der Waals surface area contributed by atoms with Crippen molar-refractivity contribution >= 4 is 5.91 Å². The van der Waals surface area contributed by atoms with Crippen LogP contribution >= 0.6 is 0 Å². The van der Waals surface area contributed by atoms with E-state index in [0.717, 1.165) is 25.8 Å². The highest BCUT2D eigenvalue weighted by atomic mass is 16.5. The van der Waals surface area contributed by atoms with E-state index in [0.29, 0.717) is 24.6 Å². The largest absolute Gasteiger partial charge is 0.391 e. The van der Waals surface area contributed by atoms with Gasteiger partial charge in [0.05, 0.1) is 12.1 Å². The zero-order valence-electron chi connectivity index (χ0n) is 14.0. The second kappa shape index (κ2) is 6.77. The zero-order chi connectivity index (χ0) is 16.3. The van der Waals surface area contributed by atoms with Gasteiger partial charge in [-0.25, -0.2) is 0 Å². The van der Waals surface area contributed by atoms with Crippen LogP contribution in [-0.2, 0) is 16.6 Å². The maximum Gasteiger partial charge on any atom is 0.227 e. The van der Waals surface area contributed by atoms with E-state index in [4.69, 9.17) is 4.52 Å². The molecule has 6 nitrogen and oxygen atoms in total. The molecule has 1 N–H and O–H groups in total. The van der Waals surface area contributed by atoms with Gasteiger partial charge in [-0.05, 0) is 26.2 Å². The molecule has 0 saturated carbocycles. The summed E-state index contributed by atoms with van der Waals surface area (Å²) in [5.74, 6) is 1.22. The molecule has 0 bridgehead atoms. The zero-order valence-corrected chi connectivity index (χ0v) is 14.0. The molecule has 1 aromatic rings. The summed E-state index contributed by atoms with van der Waals surface area (Å²) in [5.41, 5.74) is -0.157.